The predicted molar refractivity (Wildman–Crippen MR) is 94.5 cm³/mol. The van der Waals surface area contributed by atoms with Crippen LogP contribution in [0.25, 0.3) is 0 Å². The van der Waals surface area contributed by atoms with E-state index in [1.807, 2.05) is 0 Å². The first-order valence-corrected chi connectivity index (χ1v) is 9.25. The zero-order valence-corrected chi connectivity index (χ0v) is 14.4. The third-order valence-corrected chi connectivity index (χ3v) is 5.75. The van der Waals surface area contributed by atoms with Gasteiger partial charge in [0.25, 0.3) is 0 Å². The summed E-state index contributed by atoms with van der Waals surface area (Å²) in [6.07, 6.45) is 8.22. The lowest BCUT2D eigenvalue weighted by molar-refractivity contribution is -0.126. The number of hydrogen-bond acceptors (Lipinski definition) is 2. The molecule has 2 fully saturated rings. The van der Waals surface area contributed by atoms with Crippen molar-refractivity contribution in [1.82, 2.24) is 10.6 Å². The van der Waals surface area contributed by atoms with Crippen molar-refractivity contribution >= 4 is 5.91 Å². The molecule has 126 valence electrons. The SMILES string of the molecule is Cc1cccc(C2(CNC(=O)C3CCNCC3)CCCCC2)c1. The van der Waals surface area contributed by atoms with Crippen molar-refractivity contribution < 1.29 is 4.79 Å². The van der Waals surface area contributed by atoms with E-state index in [1.54, 1.807) is 0 Å². The van der Waals surface area contributed by atoms with Crippen LogP contribution >= 0.6 is 0 Å². The van der Waals surface area contributed by atoms with E-state index in [0.717, 1.165) is 32.5 Å². The van der Waals surface area contributed by atoms with E-state index < -0.39 is 0 Å². The van der Waals surface area contributed by atoms with Crippen LogP contribution in [0.2, 0.25) is 0 Å². The average Bonchev–Trinajstić information content (AvgIpc) is 2.61. The first kappa shape index (κ1) is 16.5. The molecule has 2 aliphatic rings. The number of nitrogens with one attached hydrogen (secondary N) is 2. The third kappa shape index (κ3) is 3.95. The molecule has 1 aromatic carbocycles. The summed E-state index contributed by atoms with van der Waals surface area (Å²) in [5, 5.41) is 6.65. The highest BCUT2D eigenvalue weighted by atomic mass is 16.1. The Morgan fingerprint density at radius 2 is 1.96 bits per heavy atom. The number of hydrogen-bond donors (Lipinski definition) is 2. The highest BCUT2D eigenvalue weighted by molar-refractivity contribution is 5.78. The fourth-order valence-electron chi connectivity index (χ4n) is 4.26. The molecule has 0 radical (unpaired) electrons. The zero-order valence-electron chi connectivity index (χ0n) is 14.4. The topological polar surface area (TPSA) is 41.1 Å². The smallest absolute Gasteiger partial charge is 0.223 e. The van der Waals surface area contributed by atoms with Crippen molar-refractivity contribution in [1.29, 1.82) is 0 Å². The number of aryl methyl sites for hydroxylation is 1. The summed E-state index contributed by atoms with van der Waals surface area (Å²) in [6, 6.07) is 8.90. The van der Waals surface area contributed by atoms with E-state index in [2.05, 4.69) is 41.8 Å². The van der Waals surface area contributed by atoms with Gasteiger partial charge in [-0.05, 0) is 51.3 Å². The molecule has 0 aromatic heterocycles. The monoisotopic (exact) mass is 314 g/mol. The van der Waals surface area contributed by atoms with Crippen LogP contribution in [0.4, 0.5) is 0 Å². The number of amides is 1. The summed E-state index contributed by atoms with van der Waals surface area (Å²) in [6.45, 7) is 4.91. The summed E-state index contributed by atoms with van der Waals surface area (Å²) in [4.78, 5) is 12.5. The fourth-order valence-corrected chi connectivity index (χ4v) is 4.26. The number of carbonyl (C=O) groups is 1. The molecule has 1 saturated carbocycles. The van der Waals surface area contributed by atoms with E-state index in [1.165, 1.54) is 43.2 Å². The molecule has 1 aliphatic heterocycles. The van der Waals surface area contributed by atoms with Crippen molar-refractivity contribution in [2.75, 3.05) is 19.6 Å². The molecule has 1 aliphatic carbocycles. The van der Waals surface area contributed by atoms with E-state index in [-0.39, 0.29) is 17.2 Å². The van der Waals surface area contributed by atoms with Crippen LogP contribution in [0.1, 0.15) is 56.1 Å². The molecule has 0 unspecified atom stereocenters. The Bertz CT molecular complexity index is 528. The van der Waals surface area contributed by atoms with Crippen LogP contribution in [0.3, 0.4) is 0 Å². The van der Waals surface area contributed by atoms with Gasteiger partial charge in [0.15, 0.2) is 0 Å². The van der Waals surface area contributed by atoms with Crippen LogP contribution in [0, 0.1) is 12.8 Å². The molecule has 3 rings (SSSR count). The molecule has 3 heteroatoms. The third-order valence-electron chi connectivity index (χ3n) is 5.75. The lowest BCUT2D eigenvalue weighted by Crippen LogP contribution is -2.45. The van der Waals surface area contributed by atoms with Crippen LogP contribution in [0.15, 0.2) is 24.3 Å². The van der Waals surface area contributed by atoms with E-state index in [0.29, 0.717) is 0 Å². The summed E-state index contributed by atoms with van der Waals surface area (Å²) in [7, 11) is 0. The number of benzene rings is 1. The summed E-state index contributed by atoms with van der Waals surface area (Å²) >= 11 is 0. The van der Waals surface area contributed by atoms with Gasteiger partial charge in [0, 0.05) is 17.9 Å². The van der Waals surface area contributed by atoms with Crippen LogP contribution in [-0.2, 0) is 10.2 Å². The minimum atomic E-state index is 0.146. The first-order chi connectivity index (χ1) is 11.2. The summed E-state index contributed by atoms with van der Waals surface area (Å²) in [5.41, 5.74) is 2.88. The second-order valence-corrected chi connectivity index (χ2v) is 7.45. The van der Waals surface area contributed by atoms with Gasteiger partial charge >= 0.3 is 0 Å². The maximum atomic E-state index is 12.5. The van der Waals surface area contributed by atoms with Gasteiger partial charge in [0.05, 0.1) is 0 Å². The van der Waals surface area contributed by atoms with Crippen LogP contribution in [0.5, 0.6) is 0 Å². The predicted octanol–water partition coefficient (Wildman–Crippen LogP) is 3.31. The van der Waals surface area contributed by atoms with Crippen molar-refractivity contribution in [3.8, 4) is 0 Å². The summed E-state index contributed by atoms with van der Waals surface area (Å²) in [5.74, 6) is 0.471. The molecule has 23 heavy (non-hydrogen) atoms. The van der Waals surface area contributed by atoms with Crippen molar-refractivity contribution in [2.45, 2.75) is 57.3 Å². The normalized spacial score (nSPS) is 21.8. The number of piperidine rings is 1. The van der Waals surface area contributed by atoms with Crippen molar-refractivity contribution in [3.05, 3.63) is 35.4 Å². The maximum Gasteiger partial charge on any atom is 0.223 e. The zero-order chi connectivity index (χ0) is 16.1. The lowest BCUT2D eigenvalue weighted by Gasteiger charge is -2.39. The molecule has 1 aromatic rings. The van der Waals surface area contributed by atoms with Gasteiger partial charge in [-0.15, -0.1) is 0 Å². The Morgan fingerprint density at radius 3 is 2.65 bits per heavy atom. The van der Waals surface area contributed by atoms with Crippen LogP contribution in [-0.4, -0.2) is 25.5 Å². The van der Waals surface area contributed by atoms with E-state index in [9.17, 15) is 4.79 Å². The molecule has 3 nitrogen and oxygen atoms in total. The standard InChI is InChI=1S/C20H30N2O/c1-16-6-5-7-18(14-16)20(10-3-2-4-11-20)15-22-19(23)17-8-12-21-13-9-17/h5-7,14,17,21H,2-4,8-13,15H2,1H3,(H,22,23). The molecular weight excluding hydrogens is 284 g/mol. The van der Waals surface area contributed by atoms with Gasteiger partial charge in [0.2, 0.25) is 5.91 Å². The highest BCUT2D eigenvalue weighted by Gasteiger charge is 2.35. The lowest BCUT2D eigenvalue weighted by atomic mass is 9.69. The largest absolute Gasteiger partial charge is 0.355 e. The molecule has 0 spiro atoms. The second kappa shape index (κ2) is 7.48. The Labute approximate surface area is 140 Å². The molecule has 0 bridgehead atoms. The van der Waals surface area contributed by atoms with Gasteiger partial charge in [-0.3, -0.25) is 4.79 Å². The number of carbonyl (C=O) groups excluding carboxylic acids is 1. The second-order valence-electron chi connectivity index (χ2n) is 7.45. The van der Waals surface area contributed by atoms with E-state index >= 15 is 0 Å². The molecule has 1 saturated heterocycles. The van der Waals surface area contributed by atoms with E-state index in [4.69, 9.17) is 0 Å². The Kier molecular flexibility index (Phi) is 5.37. The molecule has 2 N–H and O–H groups in total. The Hall–Kier alpha value is -1.35. The summed E-state index contributed by atoms with van der Waals surface area (Å²) < 4.78 is 0. The van der Waals surface area contributed by atoms with Crippen LogP contribution < -0.4 is 10.6 Å². The van der Waals surface area contributed by atoms with Gasteiger partial charge in [-0.2, -0.15) is 0 Å². The molecule has 1 amide bonds. The van der Waals surface area contributed by atoms with Gasteiger partial charge < -0.3 is 10.6 Å². The van der Waals surface area contributed by atoms with Gasteiger partial charge in [-0.25, -0.2) is 0 Å². The first-order valence-electron chi connectivity index (χ1n) is 9.25. The maximum absolute atomic E-state index is 12.5. The Morgan fingerprint density at radius 1 is 1.22 bits per heavy atom. The highest BCUT2D eigenvalue weighted by Crippen LogP contribution is 2.39. The molecule has 1 heterocycles. The molecule has 0 atom stereocenters. The Balaban J connectivity index is 1.70. The minimum Gasteiger partial charge on any atom is -0.355 e. The average molecular weight is 314 g/mol. The van der Waals surface area contributed by atoms with Crippen molar-refractivity contribution in [3.63, 3.8) is 0 Å². The van der Waals surface area contributed by atoms with Gasteiger partial charge in [-0.1, -0.05) is 49.1 Å². The quantitative estimate of drug-likeness (QED) is 0.895. The number of rotatable bonds is 4. The molecular formula is C20H30N2O. The fraction of sp³-hybridized carbons (Fsp3) is 0.650. The van der Waals surface area contributed by atoms with Crippen molar-refractivity contribution in [2.24, 2.45) is 5.92 Å². The van der Waals surface area contributed by atoms with Gasteiger partial charge in [0.1, 0.15) is 0 Å². The minimum absolute atomic E-state index is 0.146.